The minimum Gasteiger partial charge on any atom is -0.467 e. The van der Waals surface area contributed by atoms with Crippen LogP contribution in [0.5, 0.6) is 12.0 Å². The van der Waals surface area contributed by atoms with Crippen LogP contribution in [0.25, 0.3) is 0 Å². The van der Waals surface area contributed by atoms with Gasteiger partial charge in [0.1, 0.15) is 0 Å². The fourth-order valence-corrected chi connectivity index (χ4v) is 1.65. The number of ether oxygens (including phenoxy) is 2. The van der Waals surface area contributed by atoms with E-state index in [1.807, 2.05) is 24.3 Å². The number of rotatable bonds is 5. The molecule has 2 aromatic rings. The molecule has 1 aromatic heterocycles. The molecule has 0 spiro atoms. The highest BCUT2D eigenvalue weighted by Crippen LogP contribution is 2.14. The van der Waals surface area contributed by atoms with Crippen LogP contribution in [0.1, 0.15) is 5.56 Å². The van der Waals surface area contributed by atoms with Crippen LogP contribution in [-0.4, -0.2) is 29.2 Å². The van der Waals surface area contributed by atoms with Gasteiger partial charge >= 0.3 is 12.0 Å². The van der Waals surface area contributed by atoms with E-state index in [0.29, 0.717) is 12.5 Å². The number of nitrogens with zero attached hydrogens (tertiary/aromatic N) is 3. The predicted molar refractivity (Wildman–Crippen MR) is 74.4 cm³/mol. The van der Waals surface area contributed by atoms with Crippen LogP contribution in [0.4, 0.5) is 5.95 Å². The Balaban J connectivity index is 2.08. The average Bonchev–Trinajstić information content (AvgIpc) is 2.46. The number of methoxy groups -OCH3 is 2. The van der Waals surface area contributed by atoms with Crippen LogP contribution in [-0.2, 0) is 6.54 Å². The van der Waals surface area contributed by atoms with Gasteiger partial charge in [0, 0.05) is 11.0 Å². The number of aromatic nitrogens is 3. The van der Waals surface area contributed by atoms with Crippen molar-refractivity contribution in [1.29, 1.82) is 0 Å². The van der Waals surface area contributed by atoms with E-state index in [1.54, 1.807) is 0 Å². The topological polar surface area (TPSA) is 69.2 Å². The smallest absolute Gasteiger partial charge is 0.324 e. The molecule has 0 aliphatic heterocycles. The molecule has 7 heteroatoms. The number of halogens is 1. The molecule has 0 unspecified atom stereocenters. The van der Waals surface area contributed by atoms with Crippen molar-refractivity contribution in [1.82, 2.24) is 15.0 Å². The number of hydrogen-bond donors (Lipinski definition) is 1. The van der Waals surface area contributed by atoms with Gasteiger partial charge in [-0.05, 0) is 17.7 Å². The Morgan fingerprint density at radius 2 is 1.58 bits per heavy atom. The van der Waals surface area contributed by atoms with Crippen LogP contribution < -0.4 is 14.8 Å². The molecular formula is C12H13BrN4O2. The predicted octanol–water partition coefficient (Wildman–Crippen LogP) is 2.26. The van der Waals surface area contributed by atoms with E-state index in [0.717, 1.165) is 10.0 Å². The minimum atomic E-state index is 0.213. The molecule has 0 aliphatic carbocycles. The molecule has 1 aromatic carbocycles. The van der Waals surface area contributed by atoms with Gasteiger partial charge in [-0.2, -0.15) is 9.97 Å². The zero-order valence-corrected chi connectivity index (χ0v) is 12.1. The Morgan fingerprint density at radius 1 is 1.00 bits per heavy atom. The van der Waals surface area contributed by atoms with E-state index in [4.69, 9.17) is 9.47 Å². The van der Waals surface area contributed by atoms with Crippen molar-refractivity contribution in [2.24, 2.45) is 0 Å². The second-order valence-corrected chi connectivity index (χ2v) is 4.53. The monoisotopic (exact) mass is 324 g/mol. The zero-order valence-electron chi connectivity index (χ0n) is 10.6. The first-order valence-electron chi connectivity index (χ1n) is 5.53. The van der Waals surface area contributed by atoms with E-state index in [2.05, 4.69) is 36.2 Å². The molecule has 100 valence electrons. The van der Waals surface area contributed by atoms with Gasteiger partial charge < -0.3 is 14.8 Å². The lowest BCUT2D eigenvalue weighted by Gasteiger charge is -2.07. The summed E-state index contributed by atoms with van der Waals surface area (Å²) in [6.07, 6.45) is 0. The van der Waals surface area contributed by atoms with Gasteiger partial charge in [0.2, 0.25) is 5.95 Å². The minimum absolute atomic E-state index is 0.213. The van der Waals surface area contributed by atoms with Crippen LogP contribution >= 0.6 is 15.9 Å². The molecule has 0 fully saturated rings. The first kappa shape index (κ1) is 13.5. The summed E-state index contributed by atoms with van der Waals surface area (Å²) < 4.78 is 11.0. The lowest BCUT2D eigenvalue weighted by atomic mass is 10.2. The molecule has 0 bridgehead atoms. The number of benzene rings is 1. The van der Waals surface area contributed by atoms with Crippen molar-refractivity contribution >= 4 is 21.9 Å². The lowest BCUT2D eigenvalue weighted by molar-refractivity contribution is 0.341. The summed E-state index contributed by atoms with van der Waals surface area (Å²) in [5, 5.41) is 3.09. The normalized spacial score (nSPS) is 10.1. The SMILES string of the molecule is COc1nc(NCc2ccc(Br)cc2)nc(OC)n1. The Morgan fingerprint density at radius 3 is 2.11 bits per heavy atom. The van der Waals surface area contributed by atoms with Crippen molar-refractivity contribution < 1.29 is 9.47 Å². The van der Waals surface area contributed by atoms with Crippen LogP contribution in [0.3, 0.4) is 0 Å². The van der Waals surface area contributed by atoms with Gasteiger partial charge in [-0.1, -0.05) is 28.1 Å². The first-order chi connectivity index (χ1) is 9.21. The highest BCUT2D eigenvalue weighted by atomic mass is 79.9. The van der Waals surface area contributed by atoms with Crippen molar-refractivity contribution in [3.63, 3.8) is 0 Å². The van der Waals surface area contributed by atoms with Gasteiger partial charge in [-0.3, -0.25) is 0 Å². The van der Waals surface area contributed by atoms with Crippen LogP contribution in [0.2, 0.25) is 0 Å². The molecule has 0 amide bonds. The van der Waals surface area contributed by atoms with Crippen LogP contribution in [0.15, 0.2) is 28.7 Å². The second-order valence-electron chi connectivity index (χ2n) is 3.61. The summed E-state index contributed by atoms with van der Waals surface area (Å²) >= 11 is 3.39. The van der Waals surface area contributed by atoms with Gasteiger partial charge in [-0.25, -0.2) is 0 Å². The molecule has 19 heavy (non-hydrogen) atoms. The summed E-state index contributed by atoms with van der Waals surface area (Å²) in [4.78, 5) is 12.1. The third-order valence-corrected chi connectivity index (χ3v) is 2.85. The summed E-state index contributed by atoms with van der Waals surface area (Å²) in [6.45, 7) is 0.601. The van der Waals surface area contributed by atoms with Crippen molar-refractivity contribution in [2.75, 3.05) is 19.5 Å². The summed E-state index contributed by atoms with van der Waals surface area (Å²) in [5.41, 5.74) is 1.11. The Labute approximate surface area is 119 Å². The summed E-state index contributed by atoms with van der Waals surface area (Å²) in [6, 6.07) is 8.40. The maximum Gasteiger partial charge on any atom is 0.324 e. The quantitative estimate of drug-likeness (QED) is 0.909. The largest absolute Gasteiger partial charge is 0.467 e. The molecule has 6 nitrogen and oxygen atoms in total. The molecule has 0 saturated carbocycles. The van der Waals surface area contributed by atoms with Crippen molar-refractivity contribution in [3.05, 3.63) is 34.3 Å². The molecule has 0 saturated heterocycles. The van der Waals surface area contributed by atoms with Gasteiger partial charge in [0.15, 0.2) is 0 Å². The molecule has 0 atom stereocenters. The summed E-state index contributed by atoms with van der Waals surface area (Å²) in [7, 11) is 2.99. The summed E-state index contributed by atoms with van der Waals surface area (Å²) in [5.74, 6) is 0.409. The molecule has 0 radical (unpaired) electrons. The third-order valence-electron chi connectivity index (χ3n) is 2.32. The van der Waals surface area contributed by atoms with E-state index < -0.39 is 0 Å². The number of hydrogen-bond acceptors (Lipinski definition) is 6. The highest BCUT2D eigenvalue weighted by Gasteiger charge is 2.06. The molecule has 2 rings (SSSR count). The van der Waals surface area contributed by atoms with E-state index in [-0.39, 0.29) is 12.0 Å². The van der Waals surface area contributed by atoms with Gasteiger partial charge in [-0.15, -0.1) is 4.98 Å². The van der Waals surface area contributed by atoms with E-state index in [1.165, 1.54) is 14.2 Å². The fraction of sp³-hybridized carbons (Fsp3) is 0.250. The maximum atomic E-state index is 4.98. The fourth-order valence-electron chi connectivity index (χ4n) is 1.38. The zero-order chi connectivity index (χ0) is 13.7. The molecule has 0 aliphatic rings. The first-order valence-corrected chi connectivity index (χ1v) is 6.33. The number of nitrogens with one attached hydrogen (secondary N) is 1. The molecular weight excluding hydrogens is 312 g/mol. The third kappa shape index (κ3) is 3.78. The van der Waals surface area contributed by atoms with Gasteiger partial charge in [0.05, 0.1) is 14.2 Å². The van der Waals surface area contributed by atoms with Crippen LogP contribution in [0, 0.1) is 0 Å². The standard InChI is InChI=1S/C12H13BrN4O2/c1-18-11-15-10(16-12(17-11)19-2)14-7-8-3-5-9(13)6-4-8/h3-6H,7H2,1-2H3,(H,14,15,16,17). The second kappa shape index (κ2) is 6.33. The molecule has 1 N–H and O–H groups in total. The maximum absolute atomic E-state index is 4.98. The van der Waals surface area contributed by atoms with Crippen molar-refractivity contribution in [3.8, 4) is 12.0 Å². The highest BCUT2D eigenvalue weighted by molar-refractivity contribution is 9.10. The number of anilines is 1. The molecule has 1 heterocycles. The Hall–Kier alpha value is -1.89. The Bertz CT molecular complexity index is 526. The van der Waals surface area contributed by atoms with Crippen molar-refractivity contribution in [2.45, 2.75) is 6.54 Å². The average molecular weight is 325 g/mol. The van der Waals surface area contributed by atoms with E-state index in [9.17, 15) is 0 Å². The van der Waals surface area contributed by atoms with E-state index >= 15 is 0 Å². The Kier molecular flexibility index (Phi) is 4.51. The van der Waals surface area contributed by atoms with Gasteiger partial charge in [0.25, 0.3) is 0 Å². The lowest BCUT2D eigenvalue weighted by Crippen LogP contribution is -2.07.